The molecule has 0 radical (unpaired) electrons. The number of rotatable bonds is 5. The normalized spacial score (nSPS) is 12.2. The molecule has 2 rings (SSSR count). The van der Waals surface area contributed by atoms with Crippen molar-refractivity contribution < 1.29 is 4.79 Å². The van der Waals surface area contributed by atoms with Crippen LogP contribution in [0.4, 0.5) is 0 Å². The van der Waals surface area contributed by atoms with E-state index in [9.17, 15) is 4.79 Å². The van der Waals surface area contributed by atoms with E-state index in [0.717, 1.165) is 21.4 Å². The van der Waals surface area contributed by atoms with Crippen LogP contribution in [0.25, 0.3) is 0 Å². The predicted octanol–water partition coefficient (Wildman–Crippen LogP) is 5.38. The minimum atomic E-state index is -0.0863. The Bertz CT molecular complexity index is 592. The van der Waals surface area contributed by atoms with Crippen molar-refractivity contribution in [2.75, 3.05) is 0 Å². The third kappa shape index (κ3) is 3.97. The van der Waals surface area contributed by atoms with E-state index in [2.05, 4.69) is 22.9 Å². The Morgan fingerprint density at radius 2 is 1.90 bits per heavy atom. The molecule has 0 saturated carbocycles. The fourth-order valence-electron chi connectivity index (χ4n) is 1.94. The van der Waals surface area contributed by atoms with Gasteiger partial charge in [-0.25, -0.2) is 0 Å². The molecule has 0 saturated heterocycles. The highest BCUT2D eigenvalue weighted by atomic mass is 79.9. The molecule has 1 unspecified atom stereocenters. The molecule has 0 amide bonds. The summed E-state index contributed by atoms with van der Waals surface area (Å²) in [6.07, 6.45) is 0.997. The quantitative estimate of drug-likeness (QED) is 0.533. The molecule has 1 nitrogen and oxygen atoms in total. The molecule has 0 aliphatic carbocycles. The number of benzene rings is 2. The van der Waals surface area contributed by atoms with Crippen LogP contribution in [0.5, 0.6) is 0 Å². The van der Waals surface area contributed by atoms with Gasteiger partial charge in [-0.2, -0.15) is 0 Å². The first-order chi connectivity index (χ1) is 9.60. The van der Waals surface area contributed by atoms with Crippen molar-refractivity contribution in [2.45, 2.75) is 30.4 Å². The lowest BCUT2D eigenvalue weighted by Gasteiger charge is -2.11. The Kier molecular flexibility index (Phi) is 5.44. The van der Waals surface area contributed by atoms with Crippen LogP contribution in [-0.4, -0.2) is 11.0 Å². The second kappa shape index (κ2) is 7.09. The van der Waals surface area contributed by atoms with Gasteiger partial charge in [0, 0.05) is 14.9 Å². The third-order valence-electron chi connectivity index (χ3n) is 3.12. The number of aryl methyl sites for hydroxylation is 1. The zero-order chi connectivity index (χ0) is 14.5. The predicted molar refractivity (Wildman–Crippen MR) is 89.6 cm³/mol. The van der Waals surface area contributed by atoms with Gasteiger partial charge in [0.05, 0.1) is 5.25 Å². The molecule has 0 aromatic heterocycles. The highest BCUT2D eigenvalue weighted by Crippen LogP contribution is 2.27. The zero-order valence-electron chi connectivity index (χ0n) is 11.6. The van der Waals surface area contributed by atoms with Crippen LogP contribution >= 0.6 is 27.7 Å². The average Bonchev–Trinajstić information content (AvgIpc) is 2.46. The molecule has 0 heterocycles. The monoisotopic (exact) mass is 348 g/mol. The molecule has 0 N–H and O–H groups in total. The lowest BCUT2D eigenvalue weighted by atomic mass is 10.1. The van der Waals surface area contributed by atoms with Crippen LogP contribution in [0, 0.1) is 0 Å². The Morgan fingerprint density at radius 1 is 1.20 bits per heavy atom. The number of Topliss-reactive ketones (excluding diaryl/α,β-unsaturated/α-hetero) is 1. The molecule has 0 bridgehead atoms. The van der Waals surface area contributed by atoms with Crippen LogP contribution in [0.1, 0.15) is 29.8 Å². The molecule has 3 heteroatoms. The van der Waals surface area contributed by atoms with Gasteiger partial charge in [0.1, 0.15) is 0 Å². The maximum atomic E-state index is 12.4. The number of halogens is 1. The van der Waals surface area contributed by atoms with Gasteiger partial charge < -0.3 is 0 Å². The molecule has 20 heavy (non-hydrogen) atoms. The SMILES string of the molecule is CCc1ccc(C(=O)C(C)Sc2cccc(Br)c2)cc1. The molecule has 0 aliphatic heterocycles. The van der Waals surface area contributed by atoms with Crippen molar-refractivity contribution in [1.82, 2.24) is 0 Å². The summed E-state index contributed by atoms with van der Waals surface area (Å²) < 4.78 is 1.04. The second-order valence-electron chi connectivity index (χ2n) is 4.63. The Morgan fingerprint density at radius 3 is 2.50 bits per heavy atom. The van der Waals surface area contributed by atoms with E-state index in [1.54, 1.807) is 11.8 Å². The first-order valence-electron chi connectivity index (χ1n) is 6.65. The Hall–Kier alpha value is -1.06. The number of hydrogen-bond donors (Lipinski definition) is 0. The first-order valence-corrected chi connectivity index (χ1v) is 8.33. The highest BCUT2D eigenvalue weighted by Gasteiger charge is 2.16. The van der Waals surface area contributed by atoms with Crippen LogP contribution in [0.2, 0.25) is 0 Å². The van der Waals surface area contributed by atoms with Gasteiger partial charge in [-0.05, 0) is 37.1 Å². The molecule has 0 aliphatic rings. The van der Waals surface area contributed by atoms with Crippen molar-refractivity contribution in [2.24, 2.45) is 0 Å². The van der Waals surface area contributed by atoms with Crippen molar-refractivity contribution in [3.05, 3.63) is 64.1 Å². The van der Waals surface area contributed by atoms with Gasteiger partial charge >= 0.3 is 0 Å². The van der Waals surface area contributed by atoms with E-state index >= 15 is 0 Å². The summed E-state index contributed by atoms with van der Waals surface area (Å²) in [5, 5.41) is -0.0863. The van der Waals surface area contributed by atoms with Gasteiger partial charge in [0.2, 0.25) is 0 Å². The summed E-state index contributed by atoms with van der Waals surface area (Å²) in [6.45, 7) is 4.07. The molecule has 1 atom stereocenters. The lowest BCUT2D eigenvalue weighted by molar-refractivity contribution is 0.0994. The summed E-state index contributed by atoms with van der Waals surface area (Å²) in [6, 6.07) is 16.0. The molecule has 104 valence electrons. The van der Waals surface area contributed by atoms with Crippen LogP contribution in [-0.2, 0) is 6.42 Å². The molecule has 2 aromatic rings. The van der Waals surface area contributed by atoms with E-state index < -0.39 is 0 Å². The topological polar surface area (TPSA) is 17.1 Å². The fourth-order valence-corrected chi connectivity index (χ4v) is 3.49. The molecular weight excluding hydrogens is 332 g/mol. The van der Waals surface area contributed by atoms with Crippen molar-refractivity contribution in [1.29, 1.82) is 0 Å². The third-order valence-corrected chi connectivity index (χ3v) is 4.71. The number of carbonyl (C=O) groups excluding carboxylic acids is 1. The molecular formula is C17H17BrOS. The Labute approximate surface area is 132 Å². The summed E-state index contributed by atoms with van der Waals surface area (Å²) in [4.78, 5) is 13.5. The maximum absolute atomic E-state index is 12.4. The van der Waals surface area contributed by atoms with Crippen molar-refractivity contribution >= 4 is 33.5 Å². The summed E-state index contributed by atoms with van der Waals surface area (Å²) in [7, 11) is 0. The van der Waals surface area contributed by atoms with E-state index in [1.165, 1.54) is 5.56 Å². The van der Waals surface area contributed by atoms with Crippen molar-refractivity contribution in [3.63, 3.8) is 0 Å². The van der Waals surface area contributed by atoms with Gasteiger partial charge in [0.15, 0.2) is 5.78 Å². The van der Waals surface area contributed by atoms with Crippen molar-refractivity contribution in [3.8, 4) is 0 Å². The number of ketones is 1. The standard InChI is InChI=1S/C17H17BrOS/c1-3-13-7-9-14(10-8-13)17(19)12(2)20-16-6-4-5-15(18)11-16/h4-12H,3H2,1-2H3. The van der Waals surface area contributed by atoms with E-state index in [-0.39, 0.29) is 11.0 Å². The van der Waals surface area contributed by atoms with Gasteiger partial charge in [-0.1, -0.05) is 53.2 Å². The second-order valence-corrected chi connectivity index (χ2v) is 6.96. The number of thioether (sulfide) groups is 1. The highest BCUT2D eigenvalue weighted by molar-refractivity contribution is 9.10. The van der Waals surface area contributed by atoms with Crippen LogP contribution in [0.3, 0.4) is 0 Å². The minimum absolute atomic E-state index is 0.0863. The minimum Gasteiger partial charge on any atom is -0.293 e. The van der Waals surface area contributed by atoms with Crippen LogP contribution < -0.4 is 0 Å². The maximum Gasteiger partial charge on any atom is 0.175 e. The summed E-state index contributed by atoms with van der Waals surface area (Å²) in [5.41, 5.74) is 2.05. The first kappa shape index (κ1) is 15.3. The fraction of sp³-hybridized carbons (Fsp3) is 0.235. The molecule has 2 aromatic carbocycles. The van der Waals surface area contributed by atoms with E-state index in [4.69, 9.17) is 0 Å². The smallest absolute Gasteiger partial charge is 0.175 e. The lowest BCUT2D eigenvalue weighted by Crippen LogP contribution is -2.13. The van der Waals surface area contributed by atoms with E-state index in [1.807, 2.05) is 55.5 Å². The van der Waals surface area contributed by atoms with Crippen LogP contribution in [0.15, 0.2) is 57.9 Å². The van der Waals surface area contributed by atoms with Gasteiger partial charge in [-0.15, -0.1) is 11.8 Å². The largest absolute Gasteiger partial charge is 0.293 e. The Balaban J connectivity index is 2.07. The summed E-state index contributed by atoms with van der Waals surface area (Å²) in [5.74, 6) is 0.178. The zero-order valence-corrected chi connectivity index (χ0v) is 14.0. The number of carbonyl (C=O) groups is 1. The average molecular weight is 349 g/mol. The summed E-state index contributed by atoms with van der Waals surface area (Å²) >= 11 is 5.04. The van der Waals surface area contributed by atoms with Gasteiger partial charge in [0.25, 0.3) is 0 Å². The number of hydrogen-bond acceptors (Lipinski definition) is 2. The molecule has 0 spiro atoms. The van der Waals surface area contributed by atoms with Gasteiger partial charge in [-0.3, -0.25) is 4.79 Å². The van der Waals surface area contributed by atoms with E-state index in [0.29, 0.717) is 0 Å². The molecule has 0 fully saturated rings.